The van der Waals surface area contributed by atoms with E-state index in [-0.39, 0.29) is 0 Å². The van der Waals surface area contributed by atoms with Crippen LogP contribution in [0.1, 0.15) is 45.4 Å². The largest absolute Gasteiger partial charge is 0.379 e. The molecule has 0 unspecified atom stereocenters. The minimum absolute atomic E-state index is 0.722. The van der Waals surface area contributed by atoms with Crippen LogP contribution in [0.5, 0.6) is 0 Å². The summed E-state index contributed by atoms with van der Waals surface area (Å²) < 4.78 is 10.7. The summed E-state index contributed by atoms with van der Waals surface area (Å²) in [7, 11) is 0. The smallest absolute Gasteiger partial charge is 0.0701 e. The first kappa shape index (κ1) is 13.9. The lowest BCUT2D eigenvalue weighted by Crippen LogP contribution is -2.31. The van der Waals surface area contributed by atoms with Gasteiger partial charge in [-0.25, -0.2) is 0 Å². The second-order valence-electron chi connectivity index (χ2n) is 4.45. The standard InChI is InChI=1S/C13H27NO2/c1-2-15-11-12-16-10-9-14-13-7-5-3-4-6-8-13/h13-14H,2-12H2,1H3. The molecule has 0 heterocycles. The van der Waals surface area contributed by atoms with E-state index in [4.69, 9.17) is 9.47 Å². The molecular weight excluding hydrogens is 202 g/mol. The lowest BCUT2D eigenvalue weighted by Gasteiger charge is -2.15. The summed E-state index contributed by atoms with van der Waals surface area (Å²) in [6.07, 6.45) is 8.32. The molecule has 3 heteroatoms. The Bertz CT molecular complexity index is 145. The first-order valence-corrected chi connectivity index (χ1v) is 6.82. The monoisotopic (exact) mass is 229 g/mol. The Morgan fingerprint density at radius 3 is 2.31 bits per heavy atom. The van der Waals surface area contributed by atoms with Crippen LogP contribution in [0.4, 0.5) is 0 Å². The van der Waals surface area contributed by atoms with Crippen LogP contribution in [0, 0.1) is 0 Å². The van der Waals surface area contributed by atoms with Crippen LogP contribution in [0.3, 0.4) is 0 Å². The highest BCUT2D eigenvalue weighted by molar-refractivity contribution is 4.70. The van der Waals surface area contributed by atoms with Gasteiger partial charge < -0.3 is 14.8 Å². The molecule has 0 aromatic carbocycles. The highest BCUT2D eigenvalue weighted by Crippen LogP contribution is 2.16. The molecule has 0 spiro atoms. The van der Waals surface area contributed by atoms with Gasteiger partial charge in [-0.15, -0.1) is 0 Å². The van der Waals surface area contributed by atoms with Gasteiger partial charge >= 0.3 is 0 Å². The van der Waals surface area contributed by atoms with Crippen molar-refractivity contribution in [3.05, 3.63) is 0 Å². The molecule has 3 nitrogen and oxygen atoms in total. The van der Waals surface area contributed by atoms with Gasteiger partial charge in [-0.3, -0.25) is 0 Å². The van der Waals surface area contributed by atoms with Crippen molar-refractivity contribution >= 4 is 0 Å². The molecule has 0 aromatic rings. The minimum atomic E-state index is 0.722. The van der Waals surface area contributed by atoms with Gasteiger partial charge in [0, 0.05) is 19.2 Å². The molecule has 1 fully saturated rings. The number of rotatable bonds is 8. The first-order valence-electron chi connectivity index (χ1n) is 6.82. The zero-order valence-electron chi connectivity index (χ0n) is 10.7. The molecule has 0 saturated heterocycles. The Hall–Kier alpha value is -0.120. The SMILES string of the molecule is CCOCCOCCNC1CCCCCC1. The molecule has 1 aliphatic rings. The van der Waals surface area contributed by atoms with E-state index < -0.39 is 0 Å². The van der Waals surface area contributed by atoms with Gasteiger partial charge in [0.2, 0.25) is 0 Å². The summed E-state index contributed by atoms with van der Waals surface area (Å²) in [5.41, 5.74) is 0. The average Bonchev–Trinajstić information content (AvgIpc) is 2.56. The fraction of sp³-hybridized carbons (Fsp3) is 1.00. The summed E-state index contributed by atoms with van der Waals surface area (Å²) in [5.74, 6) is 0. The Kier molecular flexibility index (Phi) is 8.77. The van der Waals surface area contributed by atoms with E-state index in [1.54, 1.807) is 0 Å². The number of hydrogen-bond donors (Lipinski definition) is 1. The second kappa shape index (κ2) is 10.1. The van der Waals surface area contributed by atoms with Crippen LogP contribution in [0.25, 0.3) is 0 Å². The van der Waals surface area contributed by atoms with Crippen molar-refractivity contribution in [3.8, 4) is 0 Å². The highest BCUT2D eigenvalue weighted by atomic mass is 16.5. The summed E-state index contributed by atoms with van der Waals surface area (Å²) in [6, 6.07) is 0.734. The van der Waals surface area contributed by atoms with Gasteiger partial charge in [0.15, 0.2) is 0 Å². The maximum absolute atomic E-state index is 5.47. The maximum Gasteiger partial charge on any atom is 0.0701 e. The molecule has 0 aromatic heterocycles. The van der Waals surface area contributed by atoms with Gasteiger partial charge in [0.25, 0.3) is 0 Å². The zero-order valence-corrected chi connectivity index (χ0v) is 10.7. The number of nitrogens with one attached hydrogen (secondary N) is 1. The maximum atomic E-state index is 5.47. The molecule has 1 aliphatic carbocycles. The third-order valence-corrected chi connectivity index (χ3v) is 3.11. The van der Waals surface area contributed by atoms with Crippen molar-refractivity contribution in [1.29, 1.82) is 0 Å². The molecule has 1 N–H and O–H groups in total. The van der Waals surface area contributed by atoms with E-state index in [2.05, 4.69) is 5.32 Å². The van der Waals surface area contributed by atoms with E-state index in [9.17, 15) is 0 Å². The molecule has 0 aliphatic heterocycles. The lowest BCUT2D eigenvalue weighted by molar-refractivity contribution is 0.0532. The normalized spacial score (nSPS) is 18.6. The molecule has 0 atom stereocenters. The predicted molar refractivity (Wildman–Crippen MR) is 66.8 cm³/mol. The van der Waals surface area contributed by atoms with E-state index in [1.165, 1.54) is 38.5 Å². The van der Waals surface area contributed by atoms with Crippen LogP contribution in [-0.2, 0) is 9.47 Å². The quantitative estimate of drug-likeness (QED) is 0.512. The molecule has 0 amide bonds. The second-order valence-corrected chi connectivity index (χ2v) is 4.45. The summed E-state index contributed by atoms with van der Waals surface area (Å²) >= 11 is 0. The van der Waals surface area contributed by atoms with Crippen LogP contribution in [-0.4, -0.2) is 39.0 Å². The van der Waals surface area contributed by atoms with Crippen molar-refractivity contribution in [1.82, 2.24) is 5.32 Å². The van der Waals surface area contributed by atoms with Crippen LogP contribution in [0.2, 0.25) is 0 Å². The molecule has 0 bridgehead atoms. The lowest BCUT2D eigenvalue weighted by atomic mass is 10.1. The fourth-order valence-electron chi connectivity index (χ4n) is 2.18. The van der Waals surface area contributed by atoms with E-state index in [1.807, 2.05) is 6.92 Å². The Morgan fingerprint density at radius 1 is 0.938 bits per heavy atom. The summed E-state index contributed by atoms with van der Waals surface area (Å²) in [4.78, 5) is 0. The molecule has 16 heavy (non-hydrogen) atoms. The van der Waals surface area contributed by atoms with E-state index in [0.717, 1.165) is 39.0 Å². The van der Waals surface area contributed by atoms with Gasteiger partial charge in [-0.2, -0.15) is 0 Å². The van der Waals surface area contributed by atoms with Gasteiger partial charge in [-0.1, -0.05) is 25.7 Å². The third-order valence-electron chi connectivity index (χ3n) is 3.11. The topological polar surface area (TPSA) is 30.5 Å². The number of ether oxygens (including phenoxy) is 2. The van der Waals surface area contributed by atoms with E-state index >= 15 is 0 Å². The first-order chi connectivity index (χ1) is 7.93. The molecular formula is C13H27NO2. The predicted octanol–water partition coefficient (Wildman–Crippen LogP) is 2.35. The van der Waals surface area contributed by atoms with Gasteiger partial charge in [-0.05, 0) is 19.8 Å². The minimum Gasteiger partial charge on any atom is -0.379 e. The number of hydrogen-bond acceptors (Lipinski definition) is 3. The van der Waals surface area contributed by atoms with Crippen molar-refractivity contribution in [2.24, 2.45) is 0 Å². The Morgan fingerprint density at radius 2 is 1.62 bits per heavy atom. The highest BCUT2D eigenvalue weighted by Gasteiger charge is 2.10. The summed E-state index contributed by atoms with van der Waals surface area (Å²) in [6.45, 7) is 6.03. The van der Waals surface area contributed by atoms with Crippen molar-refractivity contribution in [2.45, 2.75) is 51.5 Å². The van der Waals surface area contributed by atoms with Crippen molar-refractivity contribution in [3.63, 3.8) is 0 Å². The molecule has 1 rings (SSSR count). The van der Waals surface area contributed by atoms with Crippen molar-refractivity contribution < 1.29 is 9.47 Å². The average molecular weight is 229 g/mol. The van der Waals surface area contributed by atoms with Crippen LogP contribution >= 0.6 is 0 Å². The molecule has 1 saturated carbocycles. The molecule has 96 valence electrons. The van der Waals surface area contributed by atoms with Crippen LogP contribution < -0.4 is 5.32 Å². The zero-order chi connectivity index (χ0) is 11.5. The van der Waals surface area contributed by atoms with E-state index in [0.29, 0.717) is 0 Å². The Labute approximate surface area is 99.9 Å². The van der Waals surface area contributed by atoms with Crippen LogP contribution in [0.15, 0.2) is 0 Å². The third kappa shape index (κ3) is 7.20. The van der Waals surface area contributed by atoms with Gasteiger partial charge in [0.1, 0.15) is 0 Å². The molecule has 0 radical (unpaired) electrons. The Balaban J connectivity index is 1.86. The van der Waals surface area contributed by atoms with Crippen molar-refractivity contribution in [2.75, 3.05) is 33.0 Å². The van der Waals surface area contributed by atoms with Gasteiger partial charge in [0.05, 0.1) is 19.8 Å². The summed E-state index contributed by atoms with van der Waals surface area (Å²) in [5, 5.41) is 3.59. The fourth-order valence-corrected chi connectivity index (χ4v) is 2.18.